The molecule has 1 aliphatic carbocycles. The molecule has 1 amide bonds. The summed E-state index contributed by atoms with van der Waals surface area (Å²) in [5, 5.41) is 4.18. The summed E-state index contributed by atoms with van der Waals surface area (Å²) in [4.78, 5) is 21.4. The SMILES string of the molecule is CCCCN1C[C@@]2(CCCN(Cc3noc(C4CC4)n3)C2)CCC1=O. The van der Waals surface area contributed by atoms with E-state index >= 15 is 0 Å². The van der Waals surface area contributed by atoms with Gasteiger partial charge in [0.25, 0.3) is 0 Å². The summed E-state index contributed by atoms with van der Waals surface area (Å²) in [6.07, 6.45) is 8.81. The fourth-order valence-corrected chi connectivity index (χ4v) is 4.46. The van der Waals surface area contributed by atoms with Gasteiger partial charge in [-0.25, -0.2) is 0 Å². The Morgan fingerprint density at radius 2 is 2.16 bits per heavy atom. The molecule has 0 aromatic carbocycles. The number of amides is 1. The van der Waals surface area contributed by atoms with Crippen LogP contribution in [0.4, 0.5) is 0 Å². The first kappa shape index (κ1) is 17.0. The first-order valence-electron chi connectivity index (χ1n) is 10.00. The third kappa shape index (κ3) is 3.89. The Kier molecular flexibility index (Phi) is 4.80. The number of carbonyl (C=O) groups excluding carboxylic acids is 1. The standard InChI is InChI=1S/C19H30N4O2/c1-2-3-11-23-14-19(9-7-17(23)24)8-4-10-22(13-19)12-16-20-18(25-21-16)15-5-6-15/h15H,2-14H2,1H3/t19-/m0/s1. The Bertz CT molecular complexity index is 612. The van der Waals surface area contributed by atoms with Crippen molar-refractivity contribution in [3.05, 3.63) is 11.7 Å². The first-order chi connectivity index (χ1) is 12.2. The van der Waals surface area contributed by atoms with Crippen molar-refractivity contribution in [1.29, 1.82) is 0 Å². The van der Waals surface area contributed by atoms with Crippen LogP contribution in [0.25, 0.3) is 0 Å². The van der Waals surface area contributed by atoms with Gasteiger partial charge in [-0.3, -0.25) is 9.69 Å². The summed E-state index contributed by atoms with van der Waals surface area (Å²) in [5.74, 6) is 2.53. The smallest absolute Gasteiger partial charge is 0.229 e. The summed E-state index contributed by atoms with van der Waals surface area (Å²) < 4.78 is 5.40. The largest absolute Gasteiger partial charge is 0.342 e. The number of aromatic nitrogens is 2. The van der Waals surface area contributed by atoms with Gasteiger partial charge in [-0.15, -0.1) is 0 Å². The first-order valence-corrected chi connectivity index (χ1v) is 10.00. The predicted octanol–water partition coefficient (Wildman–Crippen LogP) is 2.95. The maximum Gasteiger partial charge on any atom is 0.229 e. The van der Waals surface area contributed by atoms with E-state index in [2.05, 4.69) is 26.9 Å². The van der Waals surface area contributed by atoms with E-state index in [0.717, 1.165) is 63.7 Å². The molecular weight excluding hydrogens is 316 g/mol. The highest BCUT2D eigenvalue weighted by Gasteiger charge is 2.41. The van der Waals surface area contributed by atoms with Gasteiger partial charge in [-0.2, -0.15) is 4.98 Å². The second-order valence-corrected chi connectivity index (χ2v) is 8.31. The van der Waals surface area contributed by atoms with Gasteiger partial charge in [0.05, 0.1) is 6.54 Å². The van der Waals surface area contributed by atoms with Crippen molar-refractivity contribution in [1.82, 2.24) is 19.9 Å². The van der Waals surface area contributed by atoms with Crippen LogP contribution in [0, 0.1) is 5.41 Å². The summed E-state index contributed by atoms with van der Waals surface area (Å²) >= 11 is 0. The van der Waals surface area contributed by atoms with Crippen molar-refractivity contribution >= 4 is 5.91 Å². The molecule has 3 aliphatic rings. The highest BCUT2D eigenvalue weighted by Crippen LogP contribution is 2.40. The molecule has 0 bridgehead atoms. The van der Waals surface area contributed by atoms with E-state index in [4.69, 9.17) is 4.52 Å². The molecule has 6 nitrogen and oxygen atoms in total. The number of hydrogen-bond donors (Lipinski definition) is 0. The van der Waals surface area contributed by atoms with Gasteiger partial charge in [0.2, 0.25) is 11.8 Å². The zero-order valence-corrected chi connectivity index (χ0v) is 15.4. The number of likely N-dealkylation sites (tertiary alicyclic amines) is 2. The van der Waals surface area contributed by atoms with Crippen LogP contribution in [0.3, 0.4) is 0 Å². The maximum absolute atomic E-state index is 12.3. The number of unbranched alkanes of at least 4 members (excludes halogenated alkanes) is 1. The van der Waals surface area contributed by atoms with Crippen molar-refractivity contribution in [3.63, 3.8) is 0 Å². The Balaban J connectivity index is 1.38. The molecule has 25 heavy (non-hydrogen) atoms. The summed E-state index contributed by atoms with van der Waals surface area (Å²) in [7, 11) is 0. The zero-order valence-electron chi connectivity index (χ0n) is 15.4. The highest BCUT2D eigenvalue weighted by atomic mass is 16.5. The van der Waals surface area contributed by atoms with Crippen LogP contribution in [0.1, 0.15) is 75.9 Å². The fraction of sp³-hybridized carbons (Fsp3) is 0.842. The molecule has 1 aromatic rings. The van der Waals surface area contributed by atoms with E-state index in [1.807, 2.05) is 0 Å². The predicted molar refractivity (Wildman–Crippen MR) is 93.9 cm³/mol. The van der Waals surface area contributed by atoms with E-state index in [1.54, 1.807) is 0 Å². The second kappa shape index (κ2) is 7.06. The molecule has 1 aromatic heterocycles. The van der Waals surface area contributed by atoms with Gasteiger partial charge in [-0.05, 0) is 45.1 Å². The Morgan fingerprint density at radius 3 is 2.96 bits per heavy atom. The van der Waals surface area contributed by atoms with Gasteiger partial charge in [0, 0.05) is 37.4 Å². The summed E-state index contributed by atoms with van der Waals surface area (Å²) in [5.41, 5.74) is 0.267. The van der Waals surface area contributed by atoms with E-state index in [1.165, 1.54) is 25.7 Å². The summed E-state index contributed by atoms with van der Waals surface area (Å²) in [6.45, 7) is 6.97. The van der Waals surface area contributed by atoms with Crippen LogP contribution in [0.2, 0.25) is 0 Å². The molecule has 2 aliphatic heterocycles. The number of rotatable bonds is 6. The van der Waals surface area contributed by atoms with E-state index in [9.17, 15) is 4.79 Å². The Labute approximate surface area is 149 Å². The second-order valence-electron chi connectivity index (χ2n) is 8.31. The molecule has 3 fully saturated rings. The topological polar surface area (TPSA) is 62.5 Å². The van der Waals surface area contributed by atoms with Crippen LogP contribution in [0.15, 0.2) is 4.52 Å². The third-order valence-corrected chi connectivity index (χ3v) is 6.05. The van der Waals surface area contributed by atoms with Crippen LogP contribution < -0.4 is 0 Å². The Hall–Kier alpha value is -1.43. The number of nitrogens with zero attached hydrogens (tertiary/aromatic N) is 4. The highest BCUT2D eigenvalue weighted by molar-refractivity contribution is 5.77. The van der Waals surface area contributed by atoms with E-state index in [-0.39, 0.29) is 5.41 Å². The van der Waals surface area contributed by atoms with Gasteiger partial charge in [0.1, 0.15) is 0 Å². The lowest BCUT2D eigenvalue weighted by Gasteiger charge is -2.48. The normalized spacial score (nSPS) is 28.0. The van der Waals surface area contributed by atoms with Crippen LogP contribution >= 0.6 is 0 Å². The lowest BCUT2D eigenvalue weighted by atomic mass is 9.73. The molecule has 0 radical (unpaired) electrons. The van der Waals surface area contributed by atoms with Crippen molar-refractivity contribution < 1.29 is 9.32 Å². The molecule has 3 heterocycles. The molecule has 1 spiro atoms. The minimum Gasteiger partial charge on any atom is -0.342 e. The van der Waals surface area contributed by atoms with Crippen LogP contribution in [0.5, 0.6) is 0 Å². The molecule has 0 unspecified atom stereocenters. The van der Waals surface area contributed by atoms with Gasteiger partial charge in [-0.1, -0.05) is 18.5 Å². The lowest BCUT2D eigenvalue weighted by molar-refractivity contribution is -0.139. The molecule has 4 rings (SSSR count). The number of piperidine rings is 2. The molecular formula is C19H30N4O2. The van der Waals surface area contributed by atoms with Gasteiger partial charge < -0.3 is 9.42 Å². The van der Waals surface area contributed by atoms with Gasteiger partial charge in [0.15, 0.2) is 5.82 Å². The average molecular weight is 346 g/mol. The van der Waals surface area contributed by atoms with E-state index in [0.29, 0.717) is 18.2 Å². The van der Waals surface area contributed by atoms with Crippen LogP contribution in [-0.2, 0) is 11.3 Å². The van der Waals surface area contributed by atoms with Crippen molar-refractivity contribution in [3.8, 4) is 0 Å². The van der Waals surface area contributed by atoms with Crippen molar-refractivity contribution in [2.75, 3.05) is 26.2 Å². The number of hydrogen-bond acceptors (Lipinski definition) is 5. The monoisotopic (exact) mass is 346 g/mol. The maximum atomic E-state index is 12.3. The third-order valence-electron chi connectivity index (χ3n) is 6.05. The molecule has 6 heteroatoms. The minimum atomic E-state index is 0.267. The van der Waals surface area contributed by atoms with Crippen molar-refractivity contribution in [2.45, 2.75) is 70.8 Å². The average Bonchev–Trinajstić information content (AvgIpc) is 3.36. The fourth-order valence-electron chi connectivity index (χ4n) is 4.46. The summed E-state index contributed by atoms with van der Waals surface area (Å²) in [6, 6.07) is 0. The Morgan fingerprint density at radius 1 is 1.28 bits per heavy atom. The molecule has 138 valence electrons. The molecule has 1 atom stereocenters. The van der Waals surface area contributed by atoms with Gasteiger partial charge >= 0.3 is 0 Å². The van der Waals surface area contributed by atoms with E-state index < -0.39 is 0 Å². The van der Waals surface area contributed by atoms with Crippen molar-refractivity contribution in [2.24, 2.45) is 5.41 Å². The van der Waals surface area contributed by atoms with Crippen LogP contribution in [-0.4, -0.2) is 52.0 Å². The molecule has 0 N–H and O–H groups in total. The molecule has 1 saturated carbocycles. The lowest BCUT2D eigenvalue weighted by Crippen LogP contribution is -2.54. The molecule has 2 saturated heterocycles. The quantitative estimate of drug-likeness (QED) is 0.792. The zero-order chi connectivity index (χ0) is 17.3. The number of carbonyl (C=O) groups is 1. The minimum absolute atomic E-state index is 0.267.